The molecule has 3 amide bonds. The molecule has 7 aromatic rings. The number of likely N-dealkylation sites (tertiary alicyclic amines) is 1. The number of nitrogens with zero attached hydrogens (tertiary/aromatic N) is 9. The van der Waals surface area contributed by atoms with E-state index in [1.807, 2.05) is 106 Å². The second kappa shape index (κ2) is 19.9. The molecule has 5 atom stereocenters. The summed E-state index contributed by atoms with van der Waals surface area (Å²) in [5.74, 6) is 1.49. The molecule has 2 fully saturated rings. The Bertz CT molecular complexity index is 3190. The van der Waals surface area contributed by atoms with Crippen molar-refractivity contribution in [2.24, 2.45) is 10.9 Å². The number of ether oxygens (including phenoxy) is 1. The average Bonchev–Trinajstić information content (AvgIpc) is 4.19. The van der Waals surface area contributed by atoms with Gasteiger partial charge in [-0.3, -0.25) is 28.6 Å². The maximum Gasteiger partial charge on any atom is 0.248 e. The van der Waals surface area contributed by atoms with Crippen LogP contribution in [-0.4, -0.2) is 98.8 Å². The highest BCUT2D eigenvalue weighted by Gasteiger charge is 2.43. The van der Waals surface area contributed by atoms with Crippen LogP contribution in [0, 0.1) is 33.6 Å². The first kappa shape index (κ1) is 48.6. The number of aromatic nitrogens is 7. The number of nitrogens with one attached hydrogen (secondary N) is 2. The Morgan fingerprint density at radius 1 is 0.931 bits per heavy atom. The summed E-state index contributed by atoms with van der Waals surface area (Å²) in [4.78, 5) is 58.5. The molecule has 2 aromatic carbocycles. The van der Waals surface area contributed by atoms with Crippen LogP contribution in [0.25, 0.3) is 27.5 Å². The number of thiophene rings is 1. The van der Waals surface area contributed by atoms with Crippen LogP contribution in [0.5, 0.6) is 5.88 Å². The zero-order valence-electron chi connectivity index (χ0n) is 41.0. The lowest BCUT2D eigenvalue weighted by Gasteiger charge is -2.35. The highest BCUT2D eigenvalue weighted by atomic mass is 35.5. The van der Waals surface area contributed by atoms with Crippen molar-refractivity contribution in [3.8, 4) is 33.3 Å². The summed E-state index contributed by atoms with van der Waals surface area (Å²) in [5.41, 5.74) is 7.92. The first-order valence-corrected chi connectivity index (χ1v) is 25.4. The van der Waals surface area contributed by atoms with Gasteiger partial charge in [0, 0.05) is 82.5 Å². The van der Waals surface area contributed by atoms with Gasteiger partial charge in [-0.15, -0.1) is 21.5 Å². The molecule has 10 rings (SSSR count). The number of aliphatic imine (C=N–C) groups is 1. The van der Waals surface area contributed by atoms with Gasteiger partial charge in [0.15, 0.2) is 18.0 Å². The zero-order valence-corrected chi connectivity index (χ0v) is 42.6. The van der Waals surface area contributed by atoms with Crippen molar-refractivity contribution >= 4 is 46.4 Å². The SMILES string of the molecule is Cc1ncoc1-c1ccc([C@H](C)NC(=O)[C@@H]2C[C@@H](O)CN2C(=O)[C@@H](C(C)C)n2cc(-c3ccnc(O[C@H]4C[C@@H](NC(=O)C[C@@H]5N=C(c6ccc(Cl)cc6)c6c(sc(C)c6C)-n6c(C)nnc65)C4)c3)cn2)cc1. The minimum atomic E-state index is -0.859. The average molecular weight is 1010 g/mol. The number of β-amino-alcohol motifs (C(OH)–C–C–N with tert-alkyl or cyclic N) is 1. The van der Waals surface area contributed by atoms with E-state index in [2.05, 4.69) is 49.7 Å². The maximum absolute atomic E-state index is 14.4. The lowest BCUT2D eigenvalue weighted by atomic mass is 9.89. The number of carbonyl (C=O) groups excluding carboxylic acids is 3. The Kier molecular flexibility index (Phi) is 13.4. The Morgan fingerprint density at radius 2 is 1.68 bits per heavy atom. The monoisotopic (exact) mass is 1010 g/mol. The van der Waals surface area contributed by atoms with E-state index in [1.54, 1.807) is 28.4 Å². The summed E-state index contributed by atoms with van der Waals surface area (Å²) < 4.78 is 15.5. The summed E-state index contributed by atoms with van der Waals surface area (Å²) in [6.45, 7) is 13.8. The Balaban J connectivity index is 0.762. The van der Waals surface area contributed by atoms with Crippen LogP contribution in [0.3, 0.4) is 0 Å². The number of aliphatic hydroxyl groups excluding tert-OH is 1. The van der Waals surface area contributed by atoms with Crippen molar-refractivity contribution in [3.05, 3.63) is 135 Å². The van der Waals surface area contributed by atoms with Gasteiger partial charge in [0.2, 0.25) is 23.6 Å². The van der Waals surface area contributed by atoms with E-state index in [1.165, 1.54) is 16.2 Å². The Labute approximate surface area is 425 Å². The van der Waals surface area contributed by atoms with Crippen molar-refractivity contribution in [1.29, 1.82) is 0 Å². The molecule has 0 spiro atoms. The van der Waals surface area contributed by atoms with Crippen molar-refractivity contribution in [3.63, 3.8) is 0 Å². The van der Waals surface area contributed by atoms with Crippen LogP contribution in [0.2, 0.25) is 5.02 Å². The fourth-order valence-electron chi connectivity index (χ4n) is 9.91. The normalized spacial score (nSPS) is 20.2. The van der Waals surface area contributed by atoms with Crippen LogP contribution < -0.4 is 15.4 Å². The Morgan fingerprint density at radius 3 is 2.40 bits per heavy atom. The molecule has 17 nitrogen and oxygen atoms in total. The van der Waals surface area contributed by atoms with Gasteiger partial charge in [-0.2, -0.15) is 5.10 Å². The van der Waals surface area contributed by atoms with E-state index in [0.717, 1.165) is 61.2 Å². The first-order chi connectivity index (χ1) is 34.6. The number of carbonyl (C=O) groups is 3. The number of hydrogen-bond acceptors (Lipinski definition) is 13. The van der Waals surface area contributed by atoms with Gasteiger partial charge >= 0.3 is 0 Å². The molecule has 0 unspecified atom stereocenters. The molecule has 0 bridgehead atoms. The number of fused-ring (bicyclic) bond motifs is 3. The molecule has 19 heteroatoms. The van der Waals surface area contributed by atoms with Gasteiger partial charge in [0.25, 0.3) is 0 Å². The third kappa shape index (κ3) is 9.57. The first-order valence-electron chi connectivity index (χ1n) is 24.2. The van der Waals surface area contributed by atoms with Gasteiger partial charge in [0.1, 0.15) is 35.1 Å². The number of aliphatic hydroxyl groups is 1. The van der Waals surface area contributed by atoms with Crippen LogP contribution in [-0.2, 0) is 14.4 Å². The van der Waals surface area contributed by atoms with Gasteiger partial charge in [-0.05, 0) is 75.4 Å². The fourth-order valence-corrected chi connectivity index (χ4v) is 11.3. The zero-order chi connectivity index (χ0) is 50.5. The molecule has 5 aromatic heterocycles. The molecule has 72 heavy (non-hydrogen) atoms. The fraction of sp³-hybridized carbons (Fsp3) is 0.377. The molecule has 1 saturated carbocycles. The minimum absolute atomic E-state index is 0.0331. The van der Waals surface area contributed by atoms with Crippen LogP contribution >= 0.6 is 22.9 Å². The van der Waals surface area contributed by atoms with Gasteiger partial charge in [0.05, 0.1) is 36.2 Å². The number of amides is 3. The summed E-state index contributed by atoms with van der Waals surface area (Å²) in [6.07, 6.45) is 6.98. The second-order valence-corrected chi connectivity index (χ2v) is 21.0. The van der Waals surface area contributed by atoms with E-state index >= 15 is 0 Å². The Hall–Kier alpha value is -7.02. The van der Waals surface area contributed by atoms with E-state index < -0.39 is 24.2 Å². The number of oxazole rings is 1. The molecular weight excluding hydrogens is 954 g/mol. The van der Waals surface area contributed by atoms with Crippen LogP contribution in [0.4, 0.5) is 0 Å². The molecule has 3 aliphatic rings. The molecule has 3 N–H and O–H groups in total. The lowest BCUT2D eigenvalue weighted by Crippen LogP contribution is -2.49. The van der Waals surface area contributed by atoms with Gasteiger partial charge in [-0.1, -0.05) is 61.8 Å². The summed E-state index contributed by atoms with van der Waals surface area (Å²) >= 11 is 7.95. The predicted molar refractivity (Wildman–Crippen MR) is 272 cm³/mol. The van der Waals surface area contributed by atoms with Crippen molar-refractivity contribution in [2.45, 2.75) is 117 Å². The molecule has 1 saturated heterocycles. The molecule has 0 radical (unpaired) electrons. The van der Waals surface area contributed by atoms with Crippen molar-refractivity contribution in [2.75, 3.05) is 6.54 Å². The van der Waals surface area contributed by atoms with E-state index in [4.69, 9.17) is 25.7 Å². The molecule has 1 aliphatic carbocycles. The number of hydrogen-bond donors (Lipinski definition) is 3. The van der Waals surface area contributed by atoms with Gasteiger partial charge in [-0.25, -0.2) is 9.97 Å². The summed E-state index contributed by atoms with van der Waals surface area (Å²) in [6, 6.07) is 16.4. The standard InChI is InChI=1S/C53H56ClN11O6S/c1-27(2)48(52(69)63-25-40(66)21-43(63)51(68)58-29(4)33-8-10-35(11-9-33)49-30(5)56-26-70-49)64-24-37(23-57-64)36-16-17-55-45(18-36)71-41-19-39(20-41)59-44(67)22-42-50-62-61-32(7)65(50)53-46(28(3)31(6)72-53)47(60-42)34-12-14-38(54)15-13-34/h8-18,23-24,26-27,29,39-43,48,66H,19-22,25H2,1-7H3,(H,58,68)(H,59,67)/t29-,39-,40+,41+,42-,43-,48+/m0/s1. The lowest BCUT2D eigenvalue weighted by molar-refractivity contribution is -0.142. The van der Waals surface area contributed by atoms with Crippen LogP contribution in [0.1, 0.15) is 109 Å². The summed E-state index contributed by atoms with van der Waals surface area (Å²) in [7, 11) is 0. The number of aryl methyl sites for hydroxylation is 3. The number of rotatable bonds is 14. The predicted octanol–water partition coefficient (Wildman–Crippen LogP) is 8.17. The highest BCUT2D eigenvalue weighted by Crippen LogP contribution is 2.40. The van der Waals surface area contributed by atoms with Gasteiger partial charge < -0.3 is 29.8 Å². The number of pyridine rings is 1. The largest absolute Gasteiger partial charge is 0.474 e. The molecule has 372 valence electrons. The third-order valence-electron chi connectivity index (χ3n) is 14.0. The van der Waals surface area contributed by atoms with E-state index in [-0.39, 0.29) is 61.2 Å². The quantitative estimate of drug-likeness (QED) is 0.0947. The van der Waals surface area contributed by atoms with E-state index in [9.17, 15) is 19.5 Å². The van der Waals surface area contributed by atoms with E-state index in [0.29, 0.717) is 35.3 Å². The maximum atomic E-state index is 14.4. The second-order valence-electron chi connectivity index (χ2n) is 19.4. The minimum Gasteiger partial charge on any atom is -0.474 e. The highest BCUT2D eigenvalue weighted by molar-refractivity contribution is 7.15. The molecule has 2 aliphatic heterocycles. The molecular formula is C53H56ClN11O6S. The van der Waals surface area contributed by atoms with Crippen LogP contribution in [0.15, 0.2) is 95.1 Å². The molecule has 7 heterocycles. The van der Waals surface area contributed by atoms with Crippen molar-refractivity contribution in [1.82, 2.24) is 50.0 Å². The smallest absolute Gasteiger partial charge is 0.248 e. The topological polar surface area (TPSA) is 208 Å². The number of benzene rings is 2. The number of halogens is 1. The van der Waals surface area contributed by atoms with Crippen molar-refractivity contribution < 1.29 is 28.6 Å². The summed E-state index contributed by atoms with van der Waals surface area (Å²) in [5, 5.41) is 32.3. The third-order valence-corrected chi connectivity index (χ3v) is 15.4.